The van der Waals surface area contributed by atoms with Gasteiger partial charge in [0.25, 0.3) is 5.91 Å². The Kier molecular flexibility index (Phi) is 5.08. The Labute approximate surface area is 154 Å². The molecule has 2 aromatic carbocycles. The molecule has 0 bridgehead atoms. The molecule has 27 heavy (non-hydrogen) atoms. The minimum Gasteiger partial charge on any atom is -0.322 e. The number of halogens is 1. The first-order chi connectivity index (χ1) is 12.8. The molecule has 0 spiro atoms. The van der Waals surface area contributed by atoms with Gasteiger partial charge in [0, 0.05) is 23.9 Å². The Balaban J connectivity index is 1.76. The van der Waals surface area contributed by atoms with Crippen molar-refractivity contribution in [1.29, 1.82) is 0 Å². The molecule has 0 saturated carbocycles. The van der Waals surface area contributed by atoms with Gasteiger partial charge in [0.1, 0.15) is 0 Å². The van der Waals surface area contributed by atoms with Crippen LogP contribution in [-0.4, -0.2) is 31.5 Å². The lowest BCUT2D eigenvalue weighted by Crippen LogP contribution is -2.37. The molecule has 0 aromatic heterocycles. The lowest BCUT2D eigenvalue weighted by atomic mass is 10.1. The summed E-state index contributed by atoms with van der Waals surface area (Å²) in [7, 11) is -3.34. The van der Waals surface area contributed by atoms with Crippen LogP contribution in [0.25, 0.3) is 0 Å². The standard InChI is InChI=1S/C17H16FN3O5S/c18-15-8-5-13(11-16(15)21(23)24)19-17(22)12-3-6-14(7-4-12)20-9-1-2-10-27(20,25)26/h3-8,11H,1-2,9-10H2,(H,19,22). The maximum Gasteiger partial charge on any atom is 0.306 e. The van der Waals surface area contributed by atoms with E-state index in [1.807, 2.05) is 0 Å². The number of nitrogens with one attached hydrogen (secondary N) is 1. The number of nitrogens with zero attached hydrogens (tertiary/aromatic N) is 2. The van der Waals surface area contributed by atoms with Crippen molar-refractivity contribution >= 4 is 33.0 Å². The molecule has 0 atom stereocenters. The van der Waals surface area contributed by atoms with E-state index in [-0.39, 0.29) is 17.0 Å². The van der Waals surface area contributed by atoms with E-state index in [0.717, 1.165) is 18.6 Å². The van der Waals surface area contributed by atoms with Gasteiger partial charge >= 0.3 is 5.69 Å². The van der Waals surface area contributed by atoms with Crippen molar-refractivity contribution in [2.45, 2.75) is 12.8 Å². The van der Waals surface area contributed by atoms with Gasteiger partial charge in [-0.1, -0.05) is 0 Å². The van der Waals surface area contributed by atoms with Crippen LogP contribution < -0.4 is 9.62 Å². The molecule has 0 unspecified atom stereocenters. The smallest absolute Gasteiger partial charge is 0.306 e. The molecule has 1 heterocycles. The molecule has 8 nitrogen and oxygen atoms in total. The molecule has 2 aromatic rings. The third kappa shape index (κ3) is 4.05. The van der Waals surface area contributed by atoms with Gasteiger partial charge in [0.05, 0.1) is 16.4 Å². The summed E-state index contributed by atoms with van der Waals surface area (Å²) in [4.78, 5) is 22.2. The molecule has 1 fully saturated rings. The molecule has 1 N–H and O–H groups in total. The molecule has 142 valence electrons. The van der Waals surface area contributed by atoms with Gasteiger partial charge in [-0.2, -0.15) is 4.39 Å². The number of amides is 1. The van der Waals surface area contributed by atoms with Gasteiger partial charge in [0.15, 0.2) is 0 Å². The van der Waals surface area contributed by atoms with Gasteiger partial charge in [-0.3, -0.25) is 19.2 Å². The third-order valence-electron chi connectivity index (χ3n) is 4.17. The predicted octanol–water partition coefficient (Wildman–Crippen LogP) is 2.92. The number of nitro groups is 1. The first-order valence-corrected chi connectivity index (χ1v) is 9.74. The third-order valence-corrected chi connectivity index (χ3v) is 6.04. The molecule has 1 aliphatic rings. The van der Waals surface area contributed by atoms with Gasteiger partial charge in [-0.25, -0.2) is 8.42 Å². The molecule has 0 radical (unpaired) electrons. The average Bonchev–Trinajstić information content (AvgIpc) is 2.63. The van der Waals surface area contributed by atoms with Crippen molar-refractivity contribution in [2.24, 2.45) is 0 Å². The Hall–Kier alpha value is -3.01. The maximum atomic E-state index is 13.4. The molecule has 3 rings (SSSR count). The fraction of sp³-hybridized carbons (Fsp3) is 0.235. The molecular weight excluding hydrogens is 377 g/mol. The lowest BCUT2D eigenvalue weighted by molar-refractivity contribution is -0.387. The molecule has 1 saturated heterocycles. The fourth-order valence-electron chi connectivity index (χ4n) is 2.79. The zero-order chi connectivity index (χ0) is 19.6. The highest BCUT2D eigenvalue weighted by molar-refractivity contribution is 7.92. The molecule has 10 heteroatoms. The van der Waals surface area contributed by atoms with Crippen LogP contribution in [0.3, 0.4) is 0 Å². The van der Waals surface area contributed by atoms with Crippen LogP contribution in [0.15, 0.2) is 42.5 Å². The summed E-state index contributed by atoms with van der Waals surface area (Å²) in [6.07, 6.45) is 1.40. The highest BCUT2D eigenvalue weighted by atomic mass is 32.2. The second-order valence-corrected chi connectivity index (χ2v) is 8.03. The number of anilines is 2. The van der Waals surface area contributed by atoms with E-state index in [9.17, 15) is 27.7 Å². The summed E-state index contributed by atoms with van der Waals surface area (Å²) in [6.45, 7) is 0.396. The zero-order valence-electron chi connectivity index (χ0n) is 14.1. The van der Waals surface area contributed by atoms with Crippen LogP contribution in [0.1, 0.15) is 23.2 Å². The Morgan fingerprint density at radius 2 is 1.85 bits per heavy atom. The number of sulfonamides is 1. The molecule has 1 aliphatic heterocycles. The summed E-state index contributed by atoms with van der Waals surface area (Å²) in [5, 5.41) is 13.2. The van der Waals surface area contributed by atoms with Crippen molar-refractivity contribution in [1.82, 2.24) is 0 Å². The van der Waals surface area contributed by atoms with Crippen LogP contribution in [0.2, 0.25) is 0 Å². The fourth-order valence-corrected chi connectivity index (χ4v) is 4.43. The Bertz CT molecular complexity index is 992. The molecular formula is C17H16FN3O5S. The van der Waals surface area contributed by atoms with Gasteiger partial charge < -0.3 is 5.32 Å². The minimum absolute atomic E-state index is 0.0794. The number of hydrogen-bond donors (Lipinski definition) is 1. The quantitative estimate of drug-likeness (QED) is 0.634. The number of rotatable bonds is 4. The van der Waals surface area contributed by atoms with Crippen LogP contribution in [0, 0.1) is 15.9 Å². The van der Waals surface area contributed by atoms with E-state index < -0.39 is 32.4 Å². The highest BCUT2D eigenvalue weighted by Crippen LogP contribution is 2.25. The van der Waals surface area contributed by atoms with Crippen molar-refractivity contribution in [2.75, 3.05) is 21.9 Å². The Morgan fingerprint density at radius 3 is 2.48 bits per heavy atom. The number of carbonyl (C=O) groups is 1. The van der Waals surface area contributed by atoms with E-state index in [4.69, 9.17) is 0 Å². The summed E-state index contributed by atoms with van der Waals surface area (Å²) < 4.78 is 38.9. The summed E-state index contributed by atoms with van der Waals surface area (Å²) in [5.74, 6) is -1.45. The zero-order valence-corrected chi connectivity index (χ0v) is 14.9. The van der Waals surface area contributed by atoms with Crippen molar-refractivity contribution in [3.63, 3.8) is 0 Å². The first-order valence-electron chi connectivity index (χ1n) is 8.14. The van der Waals surface area contributed by atoms with E-state index in [1.165, 1.54) is 34.6 Å². The van der Waals surface area contributed by atoms with Crippen molar-refractivity contribution in [3.05, 3.63) is 64.0 Å². The van der Waals surface area contributed by atoms with Crippen LogP contribution in [0.5, 0.6) is 0 Å². The van der Waals surface area contributed by atoms with Gasteiger partial charge in [0.2, 0.25) is 15.8 Å². The van der Waals surface area contributed by atoms with Crippen LogP contribution in [0.4, 0.5) is 21.5 Å². The molecule has 0 aliphatic carbocycles. The second kappa shape index (κ2) is 7.31. The van der Waals surface area contributed by atoms with Crippen LogP contribution in [-0.2, 0) is 10.0 Å². The SMILES string of the molecule is O=C(Nc1ccc(F)c([N+](=O)[O-])c1)c1ccc(N2CCCCS2(=O)=O)cc1. The van der Waals surface area contributed by atoms with Crippen molar-refractivity contribution < 1.29 is 22.5 Å². The summed E-state index contributed by atoms with van der Waals surface area (Å²) >= 11 is 0. The topological polar surface area (TPSA) is 110 Å². The van der Waals surface area contributed by atoms with E-state index in [2.05, 4.69) is 5.32 Å². The summed E-state index contributed by atoms with van der Waals surface area (Å²) in [5.41, 5.74) is 0.0537. The number of nitro benzene ring substituents is 1. The predicted molar refractivity (Wildman–Crippen MR) is 97.8 cm³/mol. The highest BCUT2D eigenvalue weighted by Gasteiger charge is 2.26. The maximum absolute atomic E-state index is 13.4. The average molecular weight is 393 g/mol. The number of benzene rings is 2. The monoisotopic (exact) mass is 393 g/mol. The molecule has 1 amide bonds. The summed E-state index contributed by atoms with van der Waals surface area (Å²) in [6, 6.07) is 9.05. The van der Waals surface area contributed by atoms with Crippen molar-refractivity contribution in [3.8, 4) is 0 Å². The minimum atomic E-state index is -3.34. The van der Waals surface area contributed by atoms with E-state index in [0.29, 0.717) is 18.7 Å². The number of carbonyl (C=O) groups excluding carboxylic acids is 1. The number of hydrogen-bond acceptors (Lipinski definition) is 5. The largest absolute Gasteiger partial charge is 0.322 e. The second-order valence-electron chi connectivity index (χ2n) is 6.02. The van der Waals surface area contributed by atoms with Gasteiger partial charge in [-0.05, 0) is 49.2 Å². The van der Waals surface area contributed by atoms with Gasteiger partial charge in [-0.15, -0.1) is 0 Å². The lowest BCUT2D eigenvalue weighted by Gasteiger charge is -2.28. The van der Waals surface area contributed by atoms with E-state index >= 15 is 0 Å². The van der Waals surface area contributed by atoms with E-state index in [1.54, 1.807) is 0 Å². The Morgan fingerprint density at radius 1 is 1.15 bits per heavy atom. The normalized spacial score (nSPS) is 16.0. The van der Waals surface area contributed by atoms with Crippen LogP contribution >= 0.6 is 0 Å². The first kappa shape index (κ1) is 18.8.